The van der Waals surface area contributed by atoms with E-state index < -0.39 is 0 Å². The maximum atomic E-state index is 11.4. The van der Waals surface area contributed by atoms with Crippen molar-refractivity contribution in [1.82, 2.24) is 0 Å². The Morgan fingerprint density at radius 3 is 2.79 bits per heavy atom. The zero-order chi connectivity index (χ0) is 9.54. The van der Waals surface area contributed by atoms with Gasteiger partial charge in [-0.15, -0.1) is 0 Å². The van der Waals surface area contributed by atoms with Crippen LogP contribution in [0, 0.1) is 17.8 Å². The third-order valence-electron chi connectivity index (χ3n) is 4.41. The molecule has 4 atom stereocenters. The first-order valence-corrected chi connectivity index (χ1v) is 5.96. The second-order valence-corrected chi connectivity index (χ2v) is 5.24. The maximum absolute atomic E-state index is 11.4. The molecule has 78 valence electrons. The fraction of sp³-hybridized carbons (Fsp3) is 0.917. The molecule has 0 spiro atoms. The highest BCUT2D eigenvalue weighted by Gasteiger charge is 2.44. The van der Waals surface area contributed by atoms with Crippen molar-refractivity contribution in [2.24, 2.45) is 17.8 Å². The van der Waals surface area contributed by atoms with E-state index in [2.05, 4.69) is 0 Å². The van der Waals surface area contributed by atoms with E-state index in [1.807, 2.05) is 0 Å². The molecule has 0 radical (unpaired) electrons. The lowest BCUT2D eigenvalue weighted by Gasteiger charge is -2.32. The van der Waals surface area contributed by atoms with Crippen LogP contribution in [0.1, 0.15) is 38.5 Å². The first-order valence-electron chi connectivity index (χ1n) is 5.96. The lowest BCUT2D eigenvalue weighted by molar-refractivity contribution is -0.132. The molecule has 2 saturated carbocycles. The minimum absolute atomic E-state index is 0.284. The molecule has 1 saturated heterocycles. The molecule has 1 aliphatic heterocycles. The number of fused-ring (bicyclic) bond motifs is 2. The van der Waals surface area contributed by atoms with Gasteiger partial charge in [-0.05, 0) is 37.0 Å². The fourth-order valence-corrected chi connectivity index (χ4v) is 3.73. The van der Waals surface area contributed by atoms with Gasteiger partial charge in [0.05, 0.1) is 12.7 Å². The summed E-state index contributed by atoms with van der Waals surface area (Å²) in [6, 6.07) is 0. The smallest absolute Gasteiger partial charge is 0.137 e. The maximum Gasteiger partial charge on any atom is 0.137 e. The molecule has 0 aromatic heterocycles. The molecule has 1 heterocycles. The lowest BCUT2D eigenvalue weighted by Crippen LogP contribution is -2.34. The topological polar surface area (TPSA) is 26.3 Å². The van der Waals surface area contributed by atoms with Gasteiger partial charge in [0.1, 0.15) is 5.78 Å². The van der Waals surface area contributed by atoms with Crippen LogP contribution in [0.15, 0.2) is 0 Å². The normalized spacial score (nSPS) is 47.3. The molecule has 0 aromatic rings. The number of ketones is 1. The molecule has 4 unspecified atom stereocenters. The third kappa shape index (κ3) is 1.40. The summed E-state index contributed by atoms with van der Waals surface area (Å²) >= 11 is 0. The SMILES string of the molecule is O=C1CCOC(C2CC3CCC2C3)C1. The first kappa shape index (κ1) is 8.90. The summed E-state index contributed by atoms with van der Waals surface area (Å²) in [4.78, 5) is 11.4. The van der Waals surface area contributed by atoms with E-state index in [1.54, 1.807) is 0 Å². The number of carbonyl (C=O) groups is 1. The van der Waals surface area contributed by atoms with Gasteiger partial charge in [-0.3, -0.25) is 4.79 Å². The standard InChI is InChI=1S/C12H18O2/c13-10-3-4-14-12(7-10)11-6-8-1-2-9(11)5-8/h8-9,11-12H,1-7H2. The minimum Gasteiger partial charge on any atom is -0.377 e. The monoisotopic (exact) mass is 194 g/mol. The van der Waals surface area contributed by atoms with Crippen molar-refractivity contribution in [3.05, 3.63) is 0 Å². The molecule has 2 bridgehead atoms. The van der Waals surface area contributed by atoms with Crippen molar-refractivity contribution in [2.45, 2.75) is 44.6 Å². The summed E-state index contributed by atoms with van der Waals surface area (Å²) in [5, 5.41) is 0. The number of Topliss-reactive ketones (excluding diaryl/α,β-unsaturated/α-hetero) is 1. The van der Waals surface area contributed by atoms with Crippen LogP contribution in [-0.4, -0.2) is 18.5 Å². The van der Waals surface area contributed by atoms with E-state index in [4.69, 9.17) is 4.74 Å². The Morgan fingerprint density at radius 2 is 2.14 bits per heavy atom. The van der Waals surface area contributed by atoms with E-state index in [1.165, 1.54) is 25.7 Å². The van der Waals surface area contributed by atoms with Crippen molar-refractivity contribution in [3.8, 4) is 0 Å². The molecule has 2 aliphatic carbocycles. The van der Waals surface area contributed by atoms with Gasteiger partial charge in [0, 0.05) is 12.8 Å². The quantitative estimate of drug-likeness (QED) is 0.639. The Labute approximate surface area is 85.0 Å². The zero-order valence-corrected chi connectivity index (χ0v) is 8.58. The predicted octanol–water partition coefficient (Wildman–Crippen LogP) is 2.17. The summed E-state index contributed by atoms with van der Waals surface area (Å²) in [5.74, 6) is 2.99. The second kappa shape index (κ2) is 3.34. The highest BCUT2D eigenvalue weighted by Crippen LogP contribution is 2.50. The molecule has 2 nitrogen and oxygen atoms in total. The molecule has 2 heteroatoms. The van der Waals surface area contributed by atoms with E-state index in [0.717, 1.165) is 17.8 Å². The Bertz CT molecular complexity index is 249. The van der Waals surface area contributed by atoms with Gasteiger partial charge in [-0.25, -0.2) is 0 Å². The van der Waals surface area contributed by atoms with E-state index in [0.29, 0.717) is 25.2 Å². The Hall–Kier alpha value is -0.370. The van der Waals surface area contributed by atoms with E-state index >= 15 is 0 Å². The zero-order valence-electron chi connectivity index (χ0n) is 8.58. The average Bonchev–Trinajstić information content (AvgIpc) is 2.78. The Morgan fingerprint density at radius 1 is 1.21 bits per heavy atom. The van der Waals surface area contributed by atoms with Crippen LogP contribution in [0.4, 0.5) is 0 Å². The number of hydrogen-bond donors (Lipinski definition) is 0. The van der Waals surface area contributed by atoms with Crippen LogP contribution in [0.5, 0.6) is 0 Å². The van der Waals surface area contributed by atoms with E-state index in [-0.39, 0.29) is 6.10 Å². The molecule has 3 rings (SSSR count). The first-order chi connectivity index (χ1) is 6.83. The van der Waals surface area contributed by atoms with Gasteiger partial charge in [0.2, 0.25) is 0 Å². The van der Waals surface area contributed by atoms with Crippen molar-refractivity contribution in [2.75, 3.05) is 6.61 Å². The number of ether oxygens (including phenoxy) is 1. The van der Waals surface area contributed by atoms with Crippen LogP contribution in [0.2, 0.25) is 0 Å². The molecule has 3 fully saturated rings. The van der Waals surface area contributed by atoms with Gasteiger partial charge >= 0.3 is 0 Å². The van der Waals surface area contributed by atoms with Gasteiger partial charge in [-0.2, -0.15) is 0 Å². The summed E-state index contributed by atoms with van der Waals surface area (Å²) in [5.41, 5.74) is 0. The predicted molar refractivity (Wildman–Crippen MR) is 52.9 cm³/mol. The highest BCUT2D eigenvalue weighted by molar-refractivity contribution is 5.79. The molecular formula is C12H18O2. The second-order valence-electron chi connectivity index (χ2n) is 5.24. The molecule has 14 heavy (non-hydrogen) atoms. The number of rotatable bonds is 1. The van der Waals surface area contributed by atoms with Gasteiger partial charge < -0.3 is 4.74 Å². The number of carbonyl (C=O) groups excluding carboxylic acids is 1. The molecule has 0 amide bonds. The minimum atomic E-state index is 0.284. The van der Waals surface area contributed by atoms with E-state index in [9.17, 15) is 4.79 Å². The summed E-state index contributed by atoms with van der Waals surface area (Å²) in [6.07, 6.45) is 7.21. The van der Waals surface area contributed by atoms with Crippen molar-refractivity contribution in [1.29, 1.82) is 0 Å². The highest BCUT2D eigenvalue weighted by atomic mass is 16.5. The van der Waals surface area contributed by atoms with Crippen LogP contribution >= 0.6 is 0 Å². The lowest BCUT2D eigenvalue weighted by atomic mass is 9.82. The van der Waals surface area contributed by atoms with Crippen molar-refractivity contribution in [3.63, 3.8) is 0 Å². The van der Waals surface area contributed by atoms with Crippen LogP contribution in [0.3, 0.4) is 0 Å². The average molecular weight is 194 g/mol. The van der Waals surface area contributed by atoms with Crippen LogP contribution < -0.4 is 0 Å². The van der Waals surface area contributed by atoms with Crippen molar-refractivity contribution >= 4 is 5.78 Å². The van der Waals surface area contributed by atoms with Gasteiger partial charge in [0.15, 0.2) is 0 Å². The summed E-state index contributed by atoms with van der Waals surface area (Å²) in [6.45, 7) is 0.678. The van der Waals surface area contributed by atoms with Crippen LogP contribution in [-0.2, 0) is 9.53 Å². The largest absolute Gasteiger partial charge is 0.377 e. The Balaban J connectivity index is 1.67. The van der Waals surface area contributed by atoms with Gasteiger partial charge in [0.25, 0.3) is 0 Å². The summed E-state index contributed by atoms with van der Waals surface area (Å²) in [7, 11) is 0. The number of hydrogen-bond acceptors (Lipinski definition) is 2. The summed E-state index contributed by atoms with van der Waals surface area (Å²) < 4.78 is 5.76. The fourth-order valence-electron chi connectivity index (χ4n) is 3.73. The third-order valence-corrected chi connectivity index (χ3v) is 4.41. The van der Waals surface area contributed by atoms with Crippen LogP contribution in [0.25, 0.3) is 0 Å². The Kier molecular flexibility index (Phi) is 2.12. The van der Waals surface area contributed by atoms with Gasteiger partial charge in [-0.1, -0.05) is 6.42 Å². The molecule has 3 aliphatic rings. The molecule has 0 N–H and O–H groups in total. The molecular weight excluding hydrogens is 176 g/mol. The molecule has 0 aromatic carbocycles. The van der Waals surface area contributed by atoms with Crippen molar-refractivity contribution < 1.29 is 9.53 Å².